The summed E-state index contributed by atoms with van der Waals surface area (Å²) in [5.41, 5.74) is 0. The second-order valence-corrected chi connectivity index (χ2v) is 14.2. The van der Waals surface area contributed by atoms with Gasteiger partial charge in [-0.3, -0.25) is 0 Å². The molecule has 0 spiro atoms. The van der Waals surface area contributed by atoms with Crippen LogP contribution in [-0.4, -0.2) is 82.1 Å². The molecule has 0 aliphatic carbocycles. The highest BCUT2D eigenvalue weighted by atomic mass is 32.2. The number of hydrogen-bond acceptors (Lipinski definition) is 6. The van der Waals surface area contributed by atoms with Gasteiger partial charge < -0.3 is 4.90 Å². The molecule has 1 aliphatic rings. The van der Waals surface area contributed by atoms with Crippen LogP contribution in [0, 0.1) is 0 Å². The lowest BCUT2D eigenvalue weighted by Gasteiger charge is -2.22. The van der Waals surface area contributed by atoms with Crippen LogP contribution in [0.1, 0.15) is 71.1 Å². The molecule has 1 heterocycles. The molecule has 0 aromatic rings. The van der Waals surface area contributed by atoms with Crippen LogP contribution >= 0.6 is 58.8 Å². The summed E-state index contributed by atoms with van der Waals surface area (Å²) in [4.78, 5) is 2.77. The summed E-state index contributed by atoms with van der Waals surface area (Å²) < 4.78 is 0. The Morgan fingerprint density at radius 3 is 1.17 bits per heavy atom. The molecule has 1 saturated heterocycles. The zero-order chi connectivity index (χ0) is 21.4. The van der Waals surface area contributed by atoms with Crippen LogP contribution in [0.3, 0.4) is 0 Å². The Morgan fingerprint density at radius 1 is 0.433 bits per heavy atom. The number of hydrogen-bond donors (Lipinski definition) is 0. The van der Waals surface area contributed by atoms with Crippen molar-refractivity contribution in [1.82, 2.24) is 4.90 Å². The van der Waals surface area contributed by atoms with E-state index in [-0.39, 0.29) is 0 Å². The molecule has 1 rings (SSSR count). The first kappa shape index (κ1) is 29.7. The average molecular weight is 512 g/mol. The smallest absolute Gasteiger partial charge is 0.00727 e. The van der Waals surface area contributed by atoms with E-state index in [2.05, 4.69) is 70.6 Å². The van der Waals surface area contributed by atoms with E-state index in [4.69, 9.17) is 0 Å². The number of nitrogens with zero attached hydrogens (tertiary/aromatic N) is 1. The Kier molecular flexibility index (Phi) is 25.1. The second-order valence-electron chi connectivity index (χ2n) is 8.09. The average Bonchev–Trinajstić information content (AvgIpc) is 2.76. The molecule has 6 heteroatoms. The van der Waals surface area contributed by atoms with E-state index in [1.165, 1.54) is 141 Å². The van der Waals surface area contributed by atoms with Crippen LogP contribution in [0.5, 0.6) is 0 Å². The quantitative estimate of drug-likeness (QED) is 0.258. The van der Waals surface area contributed by atoms with Crippen LogP contribution in [0.4, 0.5) is 0 Å². The lowest BCUT2D eigenvalue weighted by Crippen LogP contribution is -2.30. The van der Waals surface area contributed by atoms with Crippen LogP contribution < -0.4 is 0 Å². The molecule has 0 N–H and O–H groups in total. The molecule has 180 valence electrons. The van der Waals surface area contributed by atoms with Gasteiger partial charge in [0.05, 0.1) is 0 Å². The van der Waals surface area contributed by atoms with Gasteiger partial charge in [0.15, 0.2) is 0 Å². The summed E-state index contributed by atoms with van der Waals surface area (Å²) in [6, 6.07) is 0. The normalized spacial score (nSPS) is 19.9. The summed E-state index contributed by atoms with van der Waals surface area (Å²) in [7, 11) is 0. The van der Waals surface area contributed by atoms with Gasteiger partial charge in [-0.05, 0) is 13.0 Å². The predicted octanol–water partition coefficient (Wildman–Crippen LogP) is 7.89. The molecule has 0 atom stereocenters. The van der Waals surface area contributed by atoms with E-state index in [0.717, 1.165) is 0 Å². The van der Waals surface area contributed by atoms with E-state index in [9.17, 15) is 0 Å². The van der Waals surface area contributed by atoms with Crippen molar-refractivity contribution in [2.75, 3.05) is 77.2 Å². The zero-order valence-electron chi connectivity index (χ0n) is 19.8. The summed E-state index contributed by atoms with van der Waals surface area (Å²) in [6.07, 6.45) is 14.4. The Hall–Kier alpha value is 1.71. The van der Waals surface area contributed by atoms with Crippen LogP contribution in [-0.2, 0) is 0 Å². The van der Waals surface area contributed by atoms with E-state index in [0.29, 0.717) is 0 Å². The Bertz CT molecular complexity index is 315. The molecule has 1 nitrogen and oxygen atoms in total. The Morgan fingerprint density at radius 2 is 0.767 bits per heavy atom. The summed E-state index contributed by atoms with van der Waals surface area (Å²) in [5.74, 6) is 13.4. The molecule has 0 radical (unpaired) electrons. The summed E-state index contributed by atoms with van der Waals surface area (Å²) >= 11 is 10.8. The topological polar surface area (TPSA) is 3.24 Å². The maximum atomic E-state index is 2.77. The minimum Gasteiger partial charge on any atom is -0.302 e. The predicted molar refractivity (Wildman–Crippen MR) is 155 cm³/mol. The molecule has 0 saturated carbocycles. The lowest BCUT2D eigenvalue weighted by atomic mass is 10.1. The Balaban J connectivity index is 2.10. The van der Waals surface area contributed by atoms with Gasteiger partial charge in [0, 0.05) is 70.6 Å². The van der Waals surface area contributed by atoms with Crippen molar-refractivity contribution in [3.8, 4) is 0 Å². The first-order chi connectivity index (χ1) is 14.9. The van der Waals surface area contributed by atoms with Gasteiger partial charge in [0.2, 0.25) is 0 Å². The molecule has 1 aliphatic heterocycles. The van der Waals surface area contributed by atoms with Crippen molar-refractivity contribution in [2.24, 2.45) is 0 Å². The van der Waals surface area contributed by atoms with Crippen molar-refractivity contribution >= 4 is 58.8 Å². The molecule has 0 aromatic carbocycles. The Labute approximate surface area is 211 Å². The van der Waals surface area contributed by atoms with Crippen molar-refractivity contribution in [1.29, 1.82) is 0 Å². The highest BCUT2D eigenvalue weighted by Gasteiger charge is 2.06. The molecule has 0 aromatic heterocycles. The molecule has 0 bridgehead atoms. The summed E-state index contributed by atoms with van der Waals surface area (Å²) in [6.45, 7) is 6.24. The lowest BCUT2D eigenvalue weighted by molar-refractivity contribution is 0.300. The standard InChI is InChI=1S/C24H49NS5/c1-2-3-4-5-6-7-8-9-10-11-12-25-13-15-26-17-19-28-21-23-30-24-22-29-20-18-27-16-14-25/h2-24H2,1H3. The third-order valence-corrected chi connectivity index (χ3v) is 11.3. The molecule has 0 amide bonds. The SMILES string of the molecule is CCCCCCCCCCCCN1CCSCCSCCSCCSCCSCC1. The van der Waals surface area contributed by atoms with E-state index >= 15 is 0 Å². The van der Waals surface area contributed by atoms with Crippen molar-refractivity contribution < 1.29 is 0 Å². The maximum absolute atomic E-state index is 2.77. The van der Waals surface area contributed by atoms with Crippen molar-refractivity contribution in [3.05, 3.63) is 0 Å². The number of thioether (sulfide) groups is 5. The first-order valence-corrected chi connectivity index (χ1v) is 18.3. The van der Waals surface area contributed by atoms with Gasteiger partial charge in [-0.15, -0.1) is 0 Å². The fourth-order valence-corrected chi connectivity index (χ4v) is 9.09. The van der Waals surface area contributed by atoms with Gasteiger partial charge in [0.25, 0.3) is 0 Å². The molecule has 1 fully saturated rings. The highest BCUT2D eigenvalue weighted by Crippen LogP contribution is 2.15. The van der Waals surface area contributed by atoms with Gasteiger partial charge in [0.1, 0.15) is 0 Å². The third kappa shape index (κ3) is 21.6. The third-order valence-electron chi connectivity index (χ3n) is 5.42. The number of unbranched alkanes of at least 4 members (excludes halogenated alkanes) is 9. The largest absolute Gasteiger partial charge is 0.302 e. The van der Waals surface area contributed by atoms with E-state index < -0.39 is 0 Å². The van der Waals surface area contributed by atoms with Gasteiger partial charge in [-0.1, -0.05) is 64.7 Å². The fraction of sp³-hybridized carbons (Fsp3) is 1.00. The zero-order valence-corrected chi connectivity index (χ0v) is 23.8. The minimum absolute atomic E-state index is 1.30. The van der Waals surface area contributed by atoms with E-state index in [1.807, 2.05) is 0 Å². The van der Waals surface area contributed by atoms with Crippen LogP contribution in [0.15, 0.2) is 0 Å². The maximum Gasteiger partial charge on any atom is 0.00727 e. The molecular weight excluding hydrogens is 463 g/mol. The fourth-order valence-electron chi connectivity index (χ4n) is 3.53. The van der Waals surface area contributed by atoms with Gasteiger partial charge in [-0.25, -0.2) is 0 Å². The van der Waals surface area contributed by atoms with Crippen LogP contribution in [0.2, 0.25) is 0 Å². The highest BCUT2D eigenvalue weighted by molar-refractivity contribution is 8.05. The molecular formula is C24H49NS5. The summed E-state index contributed by atoms with van der Waals surface area (Å²) in [5, 5.41) is 0. The minimum atomic E-state index is 1.30. The van der Waals surface area contributed by atoms with E-state index in [1.54, 1.807) is 0 Å². The monoisotopic (exact) mass is 511 g/mol. The molecule has 0 unspecified atom stereocenters. The number of rotatable bonds is 11. The first-order valence-electron chi connectivity index (χ1n) is 12.5. The van der Waals surface area contributed by atoms with Gasteiger partial charge in [-0.2, -0.15) is 58.8 Å². The van der Waals surface area contributed by atoms with Crippen molar-refractivity contribution in [3.63, 3.8) is 0 Å². The molecule has 30 heavy (non-hydrogen) atoms. The van der Waals surface area contributed by atoms with Crippen LogP contribution in [0.25, 0.3) is 0 Å². The van der Waals surface area contributed by atoms with Crippen molar-refractivity contribution in [2.45, 2.75) is 71.1 Å². The second kappa shape index (κ2) is 25.3. The van der Waals surface area contributed by atoms with Gasteiger partial charge >= 0.3 is 0 Å².